The van der Waals surface area contributed by atoms with Crippen molar-refractivity contribution in [3.63, 3.8) is 0 Å². The van der Waals surface area contributed by atoms with Gasteiger partial charge in [-0.05, 0) is 43.7 Å². The Hall–Kier alpha value is -4.38. The lowest BCUT2D eigenvalue weighted by atomic mass is 10.1. The molecule has 1 aliphatic heterocycles. The van der Waals surface area contributed by atoms with Crippen LogP contribution in [-0.2, 0) is 6.42 Å². The Morgan fingerprint density at radius 1 is 1.21 bits per heavy atom. The van der Waals surface area contributed by atoms with E-state index in [0.717, 1.165) is 15.8 Å². The Labute approximate surface area is 220 Å². The molecule has 0 bridgehead atoms. The first-order chi connectivity index (χ1) is 18.3. The van der Waals surface area contributed by atoms with Crippen LogP contribution in [0, 0.1) is 19.7 Å². The van der Waals surface area contributed by atoms with Crippen LogP contribution in [0.3, 0.4) is 0 Å². The average Bonchev–Trinajstić information content (AvgIpc) is 3.50. The molecular weight excluding hydrogens is 509 g/mol. The molecular formula is C27H22FN5O4S. The van der Waals surface area contributed by atoms with Crippen LogP contribution in [-0.4, -0.2) is 50.9 Å². The summed E-state index contributed by atoms with van der Waals surface area (Å²) in [6, 6.07) is 8.59. The van der Waals surface area contributed by atoms with Crippen LogP contribution in [0.4, 0.5) is 14.9 Å². The van der Waals surface area contributed by atoms with E-state index in [2.05, 4.69) is 15.0 Å². The molecule has 38 heavy (non-hydrogen) atoms. The maximum Gasteiger partial charge on any atom is 0.411 e. The zero-order valence-corrected chi connectivity index (χ0v) is 21.5. The normalized spacial score (nSPS) is 14.5. The second-order valence-corrected chi connectivity index (χ2v) is 10.1. The molecule has 5 aromatic rings. The van der Waals surface area contributed by atoms with Crippen molar-refractivity contribution in [2.75, 3.05) is 18.6 Å². The fraction of sp³-hybridized carbons (Fsp3) is 0.222. The highest BCUT2D eigenvalue weighted by Gasteiger charge is 2.33. The van der Waals surface area contributed by atoms with Gasteiger partial charge in [0.1, 0.15) is 11.1 Å². The lowest BCUT2D eigenvalue weighted by Crippen LogP contribution is -2.38. The zero-order valence-electron chi connectivity index (χ0n) is 20.7. The van der Waals surface area contributed by atoms with Crippen LogP contribution in [0.5, 0.6) is 11.6 Å². The first-order valence-corrected chi connectivity index (χ1v) is 12.7. The third-order valence-electron chi connectivity index (χ3n) is 6.42. The first-order valence-electron chi connectivity index (χ1n) is 11.8. The Morgan fingerprint density at radius 3 is 2.82 bits per heavy atom. The molecule has 11 heteroatoms. The van der Waals surface area contributed by atoms with Gasteiger partial charge in [0.2, 0.25) is 5.88 Å². The number of carboxylic acid groups (broad SMARTS) is 1. The van der Waals surface area contributed by atoms with Gasteiger partial charge in [-0.2, -0.15) is 0 Å². The quantitative estimate of drug-likeness (QED) is 0.314. The van der Waals surface area contributed by atoms with Crippen molar-refractivity contribution < 1.29 is 23.8 Å². The Morgan fingerprint density at radius 2 is 2.05 bits per heavy atom. The van der Waals surface area contributed by atoms with Gasteiger partial charge in [-0.3, -0.25) is 9.88 Å². The minimum atomic E-state index is -1.12. The van der Waals surface area contributed by atoms with Crippen molar-refractivity contribution in [3.05, 3.63) is 65.4 Å². The molecule has 0 radical (unpaired) electrons. The highest BCUT2D eigenvalue weighted by atomic mass is 32.1. The molecule has 4 heterocycles. The number of aryl methyl sites for hydroxylation is 2. The number of hydrogen-bond acceptors (Lipinski definition) is 8. The molecule has 0 spiro atoms. The van der Waals surface area contributed by atoms with Crippen molar-refractivity contribution >= 4 is 44.4 Å². The summed E-state index contributed by atoms with van der Waals surface area (Å²) < 4.78 is 27.1. The van der Waals surface area contributed by atoms with Gasteiger partial charge in [0, 0.05) is 35.5 Å². The number of benzene rings is 2. The van der Waals surface area contributed by atoms with Crippen molar-refractivity contribution in [1.82, 2.24) is 19.9 Å². The fourth-order valence-electron chi connectivity index (χ4n) is 4.75. The summed E-state index contributed by atoms with van der Waals surface area (Å²) in [5, 5.41) is 10.5. The second kappa shape index (κ2) is 9.18. The molecule has 6 rings (SSSR count). The van der Waals surface area contributed by atoms with E-state index in [1.165, 1.54) is 22.3 Å². The lowest BCUT2D eigenvalue weighted by molar-refractivity contribution is 0.190. The molecule has 3 aromatic heterocycles. The summed E-state index contributed by atoms with van der Waals surface area (Å²) in [6.07, 6.45) is 1.79. The molecule has 1 unspecified atom stereocenters. The summed E-state index contributed by atoms with van der Waals surface area (Å²) in [5.74, 6) is 0.0402. The van der Waals surface area contributed by atoms with E-state index >= 15 is 4.39 Å². The van der Waals surface area contributed by atoms with Gasteiger partial charge >= 0.3 is 6.09 Å². The van der Waals surface area contributed by atoms with Crippen LogP contribution >= 0.6 is 11.3 Å². The summed E-state index contributed by atoms with van der Waals surface area (Å²) >= 11 is 1.43. The number of thiazole rings is 1. The van der Waals surface area contributed by atoms with Gasteiger partial charge in [0.25, 0.3) is 0 Å². The number of ether oxygens (including phenoxy) is 2. The fourth-order valence-corrected chi connectivity index (χ4v) is 5.86. The number of pyridine rings is 1. The molecule has 192 valence electrons. The summed E-state index contributed by atoms with van der Waals surface area (Å²) in [5.41, 5.74) is 5.52. The smallest absolute Gasteiger partial charge is 0.411 e. The van der Waals surface area contributed by atoms with E-state index in [-0.39, 0.29) is 12.3 Å². The molecule has 1 amide bonds. The van der Waals surface area contributed by atoms with E-state index in [9.17, 15) is 9.90 Å². The van der Waals surface area contributed by atoms with E-state index in [1.54, 1.807) is 38.6 Å². The van der Waals surface area contributed by atoms with Crippen LogP contribution in [0.25, 0.3) is 31.8 Å². The van der Waals surface area contributed by atoms with Gasteiger partial charge in [0.15, 0.2) is 11.6 Å². The Bertz CT molecular complexity index is 1740. The Kier molecular flexibility index (Phi) is 5.79. The van der Waals surface area contributed by atoms with Crippen LogP contribution in [0.15, 0.2) is 42.7 Å². The summed E-state index contributed by atoms with van der Waals surface area (Å²) in [6.45, 7) is 3.80. The van der Waals surface area contributed by atoms with Gasteiger partial charge in [-0.15, -0.1) is 11.3 Å². The lowest BCUT2D eigenvalue weighted by Gasteiger charge is -2.22. The van der Waals surface area contributed by atoms with Gasteiger partial charge in [-0.25, -0.2) is 24.1 Å². The molecule has 1 aliphatic rings. The number of fused-ring (bicyclic) bond motifs is 4. The number of amides is 1. The van der Waals surface area contributed by atoms with Crippen molar-refractivity contribution in [1.29, 1.82) is 0 Å². The van der Waals surface area contributed by atoms with Crippen LogP contribution in [0.2, 0.25) is 0 Å². The molecule has 0 fully saturated rings. The predicted molar refractivity (Wildman–Crippen MR) is 142 cm³/mol. The Balaban J connectivity index is 1.38. The number of methoxy groups -OCH3 is 1. The number of hydrogen-bond donors (Lipinski definition) is 1. The zero-order chi connectivity index (χ0) is 26.6. The largest absolute Gasteiger partial charge is 0.485 e. The number of halogens is 1. The van der Waals surface area contributed by atoms with Gasteiger partial charge in [-0.1, -0.05) is 0 Å². The maximum atomic E-state index is 15.1. The molecule has 2 aromatic carbocycles. The molecule has 0 saturated heterocycles. The minimum absolute atomic E-state index is 0.0417. The number of rotatable bonds is 5. The predicted octanol–water partition coefficient (Wildman–Crippen LogP) is 5.55. The maximum absolute atomic E-state index is 15.1. The third kappa shape index (κ3) is 4.14. The van der Waals surface area contributed by atoms with E-state index in [0.29, 0.717) is 50.8 Å². The van der Waals surface area contributed by atoms with Gasteiger partial charge < -0.3 is 14.6 Å². The third-order valence-corrected chi connectivity index (χ3v) is 7.58. The number of carbonyl (C=O) groups is 1. The molecule has 1 atom stereocenters. The summed E-state index contributed by atoms with van der Waals surface area (Å²) in [7, 11) is 1.54. The average molecular weight is 532 g/mol. The van der Waals surface area contributed by atoms with Crippen LogP contribution < -0.4 is 14.4 Å². The first kappa shape index (κ1) is 24.0. The summed E-state index contributed by atoms with van der Waals surface area (Å²) in [4.78, 5) is 31.1. The molecule has 9 nitrogen and oxygen atoms in total. The monoisotopic (exact) mass is 531 g/mol. The molecule has 0 saturated carbocycles. The van der Waals surface area contributed by atoms with E-state index in [4.69, 9.17) is 14.5 Å². The highest BCUT2D eigenvalue weighted by Crippen LogP contribution is 2.43. The second-order valence-electron chi connectivity index (χ2n) is 9.12. The van der Waals surface area contributed by atoms with E-state index < -0.39 is 18.0 Å². The number of aromatic nitrogens is 4. The number of anilines is 1. The molecule has 0 aliphatic carbocycles. The number of nitrogens with zero attached hydrogens (tertiary/aromatic N) is 5. The van der Waals surface area contributed by atoms with Crippen molar-refractivity contribution in [2.24, 2.45) is 0 Å². The highest BCUT2D eigenvalue weighted by molar-refractivity contribution is 7.22. The van der Waals surface area contributed by atoms with Gasteiger partial charge in [0.05, 0.1) is 46.8 Å². The minimum Gasteiger partial charge on any atom is -0.485 e. The van der Waals surface area contributed by atoms with Crippen LogP contribution in [0.1, 0.15) is 16.8 Å². The van der Waals surface area contributed by atoms with Crippen molar-refractivity contribution in [2.45, 2.75) is 26.4 Å². The standard InChI is InChI=1S/C27H22FN5O4S/c1-13-6-17(23-20(7-13)31-22(36-3)11-30-23)26-32-21-10-19(28)24-18(25(21)38-26)9-16(37-24)12-33(27(34)35)15-4-5-29-14(2)8-15/h4-8,10-11,16H,9,12H2,1-3H3,(H,34,35). The molecule has 1 N–H and O–H groups in total. The SMILES string of the molecule is COc1cnc2c(-c3nc4cc(F)c5c(c4s3)CC(CN(C(=O)O)c3ccnc(C)c3)O5)cc(C)cc2n1. The van der Waals surface area contributed by atoms with Crippen molar-refractivity contribution in [3.8, 4) is 22.2 Å². The van der Waals surface area contributed by atoms with E-state index in [1.807, 2.05) is 19.1 Å². The topological polar surface area (TPSA) is 111 Å².